The van der Waals surface area contributed by atoms with E-state index in [1.807, 2.05) is 38.1 Å². The molecule has 31 heavy (non-hydrogen) atoms. The number of nitrogens with one attached hydrogen (secondary N) is 1. The third-order valence-electron chi connectivity index (χ3n) is 4.30. The Kier molecular flexibility index (Phi) is 6.91. The first-order valence-corrected chi connectivity index (χ1v) is 11.5. The molecule has 1 aromatic heterocycles. The maximum absolute atomic E-state index is 12.4. The van der Waals surface area contributed by atoms with E-state index in [-0.39, 0.29) is 19.0 Å². The summed E-state index contributed by atoms with van der Waals surface area (Å²) in [7, 11) is -3.68. The van der Waals surface area contributed by atoms with Crippen LogP contribution >= 0.6 is 0 Å². The highest BCUT2D eigenvalue weighted by atomic mass is 32.2. The van der Waals surface area contributed by atoms with Gasteiger partial charge in [0.2, 0.25) is 27.6 Å². The fraction of sp³-hybridized carbons (Fsp3) is 0.286. The van der Waals surface area contributed by atoms with E-state index in [1.165, 1.54) is 0 Å². The second-order valence-corrected chi connectivity index (χ2v) is 8.76. The molecule has 0 fully saturated rings. The van der Waals surface area contributed by atoms with Gasteiger partial charge in [-0.25, -0.2) is 8.42 Å². The van der Waals surface area contributed by atoms with Gasteiger partial charge in [-0.1, -0.05) is 28.9 Å². The van der Waals surface area contributed by atoms with Gasteiger partial charge in [0.1, 0.15) is 12.3 Å². The summed E-state index contributed by atoms with van der Waals surface area (Å²) in [6, 6.07) is 14.1. The van der Waals surface area contributed by atoms with Crippen LogP contribution in [0.1, 0.15) is 18.4 Å². The Balaban J connectivity index is 1.64. The molecule has 1 N–H and O–H groups in total. The first-order valence-electron chi connectivity index (χ1n) is 9.63. The van der Waals surface area contributed by atoms with Crippen LogP contribution in [0.5, 0.6) is 5.75 Å². The number of amides is 1. The van der Waals surface area contributed by atoms with E-state index in [0.29, 0.717) is 23.9 Å². The van der Waals surface area contributed by atoms with Crippen molar-refractivity contribution in [3.63, 3.8) is 0 Å². The highest BCUT2D eigenvalue weighted by molar-refractivity contribution is 7.92. The highest BCUT2D eigenvalue weighted by Gasteiger charge is 2.21. The summed E-state index contributed by atoms with van der Waals surface area (Å²) in [4.78, 5) is 16.7. The molecule has 0 aliphatic rings. The summed E-state index contributed by atoms with van der Waals surface area (Å²) in [5.41, 5.74) is 2.23. The fourth-order valence-corrected chi connectivity index (χ4v) is 3.72. The molecule has 0 radical (unpaired) electrons. The van der Waals surface area contributed by atoms with Crippen molar-refractivity contribution >= 4 is 21.6 Å². The molecule has 0 saturated heterocycles. The molecule has 9 nitrogen and oxygen atoms in total. The van der Waals surface area contributed by atoms with Crippen molar-refractivity contribution in [1.29, 1.82) is 0 Å². The van der Waals surface area contributed by atoms with Gasteiger partial charge in [-0.15, -0.1) is 0 Å². The average molecular weight is 445 g/mol. The zero-order chi connectivity index (χ0) is 22.4. The number of sulfonamides is 1. The summed E-state index contributed by atoms with van der Waals surface area (Å²) in [6.45, 7) is 3.92. The van der Waals surface area contributed by atoms with Crippen LogP contribution in [-0.4, -0.2) is 43.9 Å². The first kappa shape index (κ1) is 22.3. The van der Waals surface area contributed by atoms with E-state index in [4.69, 9.17) is 9.26 Å². The molecule has 1 amide bonds. The Morgan fingerprint density at radius 2 is 1.94 bits per heavy atom. The monoisotopic (exact) mass is 444 g/mol. The van der Waals surface area contributed by atoms with Crippen LogP contribution in [0, 0.1) is 6.92 Å². The number of rotatable bonds is 9. The molecule has 0 aliphatic carbocycles. The Bertz CT molecular complexity index is 1140. The van der Waals surface area contributed by atoms with Crippen molar-refractivity contribution in [3.05, 3.63) is 60.0 Å². The lowest BCUT2D eigenvalue weighted by molar-refractivity contribution is -0.119. The SMILES string of the molecule is CCOc1ccc(N(CC(=O)NCc2nc(-c3cccc(C)c3)no2)S(C)(=O)=O)cc1. The number of benzene rings is 2. The second kappa shape index (κ2) is 9.61. The predicted octanol–water partition coefficient (Wildman–Crippen LogP) is 2.53. The van der Waals surface area contributed by atoms with Crippen molar-refractivity contribution in [2.24, 2.45) is 0 Å². The van der Waals surface area contributed by atoms with Crippen molar-refractivity contribution in [2.45, 2.75) is 20.4 Å². The molecule has 3 aromatic rings. The van der Waals surface area contributed by atoms with E-state index in [9.17, 15) is 13.2 Å². The maximum atomic E-state index is 12.4. The van der Waals surface area contributed by atoms with E-state index in [1.54, 1.807) is 24.3 Å². The summed E-state index contributed by atoms with van der Waals surface area (Å²) >= 11 is 0. The largest absolute Gasteiger partial charge is 0.494 e. The van der Waals surface area contributed by atoms with E-state index in [2.05, 4.69) is 15.5 Å². The zero-order valence-electron chi connectivity index (χ0n) is 17.5. The Morgan fingerprint density at radius 1 is 1.19 bits per heavy atom. The number of aromatic nitrogens is 2. The highest BCUT2D eigenvalue weighted by Crippen LogP contribution is 2.21. The molecule has 164 valence electrons. The molecule has 0 aliphatic heterocycles. The molecular formula is C21H24N4O5S. The van der Waals surface area contributed by atoms with Gasteiger partial charge in [-0.2, -0.15) is 4.98 Å². The molecule has 2 aromatic carbocycles. The van der Waals surface area contributed by atoms with Crippen LogP contribution in [0.4, 0.5) is 5.69 Å². The molecule has 3 rings (SSSR count). The lowest BCUT2D eigenvalue weighted by Gasteiger charge is -2.22. The van der Waals surface area contributed by atoms with Gasteiger partial charge >= 0.3 is 0 Å². The number of anilines is 1. The quantitative estimate of drug-likeness (QED) is 0.539. The number of hydrogen-bond acceptors (Lipinski definition) is 7. The van der Waals surface area contributed by atoms with Gasteiger partial charge in [0, 0.05) is 5.56 Å². The van der Waals surface area contributed by atoms with Crippen LogP contribution in [0.15, 0.2) is 53.1 Å². The average Bonchev–Trinajstić information content (AvgIpc) is 3.20. The van der Waals surface area contributed by atoms with Crippen molar-refractivity contribution in [2.75, 3.05) is 23.7 Å². The fourth-order valence-electron chi connectivity index (χ4n) is 2.86. The Morgan fingerprint density at radius 3 is 2.58 bits per heavy atom. The molecule has 0 spiro atoms. The molecule has 0 saturated carbocycles. The molecule has 0 unspecified atom stereocenters. The van der Waals surface area contributed by atoms with Gasteiger partial charge < -0.3 is 14.6 Å². The van der Waals surface area contributed by atoms with Crippen molar-refractivity contribution < 1.29 is 22.5 Å². The molecule has 10 heteroatoms. The van der Waals surface area contributed by atoms with Gasteiger partial charge in [-0.05, 0) is 44.2 Å². The van der Waals surface area contributed by atoms with E-state index in [0.717, 1.165) is 21.7 Å². The standard InChI is InChI=1S/C21H24N4O5S/c1-4-29-18-10-8-17(9-11-18)25(31(3,27)28)14-19(26)22-13-20-23-21(24-30-20)16-7-5-6-15(2)12-16/h5-12H,4,13-14H2,1-3H3,(H,22,26). The molecule has 0 bridgehead atoms. The van der Waals surface area contributed by atoms with E-state index < -0.39 is 15.9 Å². The summed E-state index contributed by atoms with van der Waals surface area (Å²) in [5.74, 6) is 0.747. The third kappa shape index (κ3) is 6.05. The van der Waals surface area contributed by atoms with Gasteiger partial charge in [0.25, 0.3) is 0 Å². The lowest BCUT2D eigenvalue weighted by Crippen LogP contribution is -2.40. The second-order valence-electron chi connectivity index (χ2n) is 6.85. The van der Waals surface area contributed by atoms with E-state index >= 15 is 0 Å². The predicted molar refractivity (Wildman–Crippen MR) is 116 cm³/mol. The molecular weight excluding hydrogens is 420 g/mol. The van der Waals surface area contributed by atoms with Crippen molar-refractivity contribution in [3.8, 4) is 17.1 Å². The third-order valence-corrected chi connectivity index (χ3v) is 5.44. The summed E-state index contributed by atoms with van der Waals surface area (Å²) in [5, 5.41) is 6.53. The van der Waals surface area contributed by atoms with Crippen LogP contribution in [0.3, 0.4) is 0 Å². The summed E-state index contributed by atoms with van der Waals surface area (Å²) < 4.78 is 36.0. The Hall–Kier alpha value is -3.40. The summed E-state index contributed by atoms with van der Waals surface area (Å²) in [6.07, 6.45) is 1.04. The number of hydrogen-bond donors (Lipinski definition) is 1. The first-order chi connectivity index (χ1) is 14.8. The number of aryl methyl sites for hydroxylation is 1. The van der Waals surface area contributed by atoms with Crippen LogP contribution in [0.2, 0.25) is 0 Å². The zero-order valence-corrected chi connectivity index (χ0v) is 18.3. The smallest absolute Gasteiger partial charge is 0.246 e. The van der Waals surface area contributed by atoms with Gasteiger partial charge in [-0.3, -0.25) is 9.10 Å². The molecule has 0 atom stereocenters. The molecule has 1 heterocycles. The maximum Gasteiger partial charge on any atom is 0.246 e. The number of nitrogens with zero attached hydrogens (tertiary/aromatic N) is 3. The number of carbonyl (C=O) groups is 1. The minimum atomic E-state index is -3.68. The van der Waals surface area contributed by atoms with Crippen LogP contribution in [-0.2, 0) is 21.4 Å². The van der Waals surface area contributed by atoms with Gasteiger partial charge in [0.05, 0.1) is 25.1 Å². The lowest BCUT2D eigenvalue weighted by atomic mass is 10.1. The van der Waals surface area contributed by atoms with Gasteiger partial charge in [0.15, 0.2) is 0 Å². The number of carbonyl (C=O) groups excluding carboxylic acids is 1. The Labute approximate surface area is 181 Å². The number of ether oxygens (including phenoxy) is 1. The van der Waals surface area contributed by atoms with Crippen LogP contribution < -0.4 is 14.4 Å². The van der Waals surface area contributed by atoms with Crippen LogP contribution in [0.25, 0.3) is 11.4 Å². The van der Waals surface area contributed by atoms with Crippen molar-refractivity contribution in [1.82, 2.24) is 15.5 Å². The topological polar surface area (TPSA) is 115 Å². The minimum Gasteiger partial charge on any atom is -0.494 e. The minimum absolute atomic E-state index is 0.0153. The normalized spacial score (nSPS) is 11.2.